The molecule has 0 radical (unpaired) electrons. The molecule has 4 aromatic rings. The van der Waals surface area contributed by atoms with Crippen LogP contribution in [0.15, 0.2) is 125 Å². The number of amides is 9. The van der Waals surface area contributed by atoms with Crippen molar-refractivity contribution in [3.63, 3.8) is 0 Å². The summed E-state index contributed by atoms with van der Waals surface area (Å²) >= 11 is 7.22. The van der Waals surface area contributed by atoms with Gasteiger partial charge in [0.2, 0.25) is 53.2 Å². The third-order valence-electron chi connectivity index (χ3n) is 17.9. The molecule has 27 heteroatoms. The normalized spacial score (nSPS) is 21.1. The van der Waals surface area contributed by atoms with Crippen molar-refractivity contribution in [1.82, 2.24) is 42.1 Å². The molecule has 17 N–H and O–H groups in total. The lowest BCUT2D eigenvalue weighted by Gasteiger charge is -2.35. The lowest BCUT2D eigenvalue weighted by molar-refractivity contribution is -0.142. The number of primary amides is 1. The molecule has 101 heavy (non-hydrogen) atoms. The highest BCUT2D eigenvalue weighted by Crippen LogP contribution is 2.32. The van der Waals surface area contributed by atoms with E-state index in [1.807, 2.05) is 84.9 Å². The second kappa shape index (κ2) is 45.5. The maximum Gasteiger partial charge on any atom is 0.246 e. The van der Waals surface area contributed by atoms with Gasteiger partial charge in [-0.3, -0.25) is 53.1 Å². The van der Waals surface area contributed by atoms with Crippen LogP contribution in [-0.4, -0.2) is 155 Å². The first kappa shape index (κ1) is 81.7. The van der Waals surface area contributed by atoms with Crippen molar-refractivity contribution < 1.29 is 43.2 Å². The third kappa shape index (κ3) is 29.3. The number of benzene rings is 4. The number of nitrogens with two attached hydrogens (primary N) is 5. The van der Waals surface area contributed by atoms with Crippen LogP contribution >= 0.6 is 36.2 Å². The fourth-order valence-electron chi connectivity index (χ4n) is 12.4. The number of thioether (sulfide) groups is 2. The minimum absolute atomic E-state index is 0.0331. The minimum Gasteiger partial charge on any atom is -0.370 e. The number of carbonyl (C=O) groups is 9. The summed E-state index contributed by atoms with van der Waals surface area (Å²) in [6.07, 6.45) is 15.8. The van der Waals surface area contributed by atoms with Gasteiger partial charge in [-0.05, 0) is 72.8 Å². The van der Waals surface area contributed by atoms with Gasteiger partial charge < -0.3 is 70.8 Å². The molecule has 0 spiro atoms. The molecule has 4 aromatic carbocycles. The van der Waals surface area contributed by atoms with E-state index in [2.05, 4.69) is 66.8 Å². The molecule has 0 unspecified atom stereocenters. The van der Waals surface area contributed by atoms with Crippen LogP contribution in [0.5, 0.6) is 0 Å². The van der Waals surface area contributed by atoms with Gasteiger partial charge in [0.1, 0.15) is 48.3 Å². The third-order valence-corrected chi connectivity index (χ3v) is 20.4. The van der Waals surface area contributed by atoms with Crippen LogP contribution in [0.4, 0.5) is 0 Å². The van der Waals surface area contributed by atoms with Gasteiger partial charge in [0, 0.05) is 67.2 Å². The van der Waals surface area contributed by atoms with Crippen molar-refractivity contribution in [2.75, 3.05) is 36.9 Å². The van der Waals surface area contributed by atoms with Crippen molar-refractivity contribution in [2.24, 2.45) is 38.7 Å². The lowest BCUT2D eigenvalue weighted by atomic mass is 9.84. The van der Waals surface area contributed by atoms with Gasteiger partial charge in [-0.15, -0.1) is 0 Å². The number of unbranched alkanes of at least 4 members (excludes halogenated alkanes) is 12. The summed E-state index contributed by atoms with van der Waals surface area (Å²) in [5.74, 6) is -6.68. The Hall–Kier alpha value is -8.30. The van der Waals surface area contributed by atoms with Crippen LogP contribution in [0.25, 0.3) is 0 Å². The van der Waals surface area contributed by atoms with E-state index in [1.54, 1.807) is 30.3 Å². The van der Waals surface area contributed by atoms with E-state index in [9.17, 15) is 28.8 Å². The number of rotatable bonds is 30. The zero-order valence-corrected chi connectivity index (χ0v) is 60.9. The lowest BCUT2D eigenvalue weighted by Crippen LogP contribution is -2.61. The van der Waals surface area contributed by atoms with Gasteiger partial charge in [-0.2, -0.15) is 36.2 Å². The van der Waals surface area contributed by atoms with E-state index in [4.69, 9.17) is 28.7 Å². The Bertz CT molecular complexity index is 3270. The smallest absolute Gasteiger partial charge is 0.246 e. The number of guanidine groups is 2. The standard InChI is InChI=1S/C74H107N15O9S3/c1-2-3-4-5-6-7-8-9-10-11-12-13-23-39-62(90)82-60-49-101-47-52-31-24-30-51(43-52)46-100-48-59(65(75)91)87-68(94)57(44-50-28-17-14-18-29-50)85-66(92)55(36-25-40-80-73(76)77)83-69(95)58(45-99)86-67(93)56(37-26-41-81-74(78)79)84-71(97)61-38-27-42-89(61)72(98)64(88-70(60)96)63(53-32-19-15-20-33-53)54-34-21-16-22-35-54/h14-22,24,28-35,43,55-61,63-64,99H,2-13,23,25-27,36-42,44-49H2,1H3,(H2,75,91)(H,82,90)(H,83,95)(H,84,97)(H,85,92)(H,86,93)(H,87,94)(H,88,96)(H4,76,77,80)(H4,78,79,81)/t55-,56-,57-,58-,59-,60-,61-,64-/m0/s1. The number of hydrogen-bond donors (Lipinski definition) is 13. The molecule has 1 saturated heterocycles. The average molecular weight is 1450 g/mol. The Labute approximate surface area is 609 Å². The summed E-state index contributed by atoms with van der Waals surface area (Å²) in [7, 11) is 0. The number of aliphatic imine (C=N–C) groups is 2. The predicted molar refractivity (Wildman–Crippen MR) is 405 cm³/mol. The van der Waals surface area contributed by atoms with Crippen LogP contribution < -0.4 is 65.9 Å². The van der Waals surface area contributed by atoms with E-state index in [0.717, 1.165) is 36.8 Å². The highest BCUT2D eigenvalue weighted by Gasteiger charge is 2.43. The molecule has 1 fully saturated rings. The van der Waals surface area contributed by atoms with Gasteiger partial charge in [-0.1, -0.05) is 199 Å². The van der Waals surface area contributed by atoms with Crippen LogP contribution in [0.2, 0.25) is 0 Å². The highest BCUT2D eigenvalue weighted by molar-refractivity contribution is 7.98. The van der Waals surface area contributed by atoms with E-state index in [-0.39, 0.29) is 99.7 Å². The zero-order valence-electron chi connectivity index (χ0n) is 58.3. The van der Waals surface area contributed by atoms with E-state index in [0.29, 0.717) is 41.0 Å². The molecule has 0 aromatic heterocycles. The Morgan fingerprint density at radius 1 is 0.545 bits per heavy atom. The molecule has 6 rings (SSSR count). The number of hydrogen-bond acceptors (Lipinski definition) is 14. The van der Waals surface area contributed by atoms with E-state index < -0.39 is 102 Å². The van der Waals surface area contributed by atoms with Crippen molar-refractivity contribution in [2.45, 2.75) is 208 Å². The van der Waals surface area contributed by atoms with Crippen LogP contribution in [-0.2, 0) is 61.1 Å². The zero-order chi connectivity index (χ0) is 72.7. The van der Waals surface area contributed by atoms with Crippen LogP contribution in [0.1, 0.15) is 169 Å². The molecule has 0 saturated carbocycles. The van der Waals surface area contributed by atoms with Gasteiger partial charge in [0.25, 0.3) is 0 Å². The summed E-state index contributed by atoms with van der Waals surface area (Å²) in [6.45, 7) is 2.46. The molecule has 2 aliphatic rings. The molecule has 0 aliphatic carbocycles. The second-order valence-corrected chi connectivity index (χ2v) is 28.3. The van der Waals surface area contributed by atoms with E-state index in [1.165, 1.54) is 79.8 Å². The number of nitrogens with zero attached hydrogens (tertiary/aromatic N) is 3. The summed E-state index contributed by atoms with van der Waals surface area (Å²) in [5.41, 5.74) is 32.4. The fraction of sp³-hybridized carbons (Fsp3) is 0.527. The molecule has 2 bridgehead atoms. The number of nitrogens with one attached hydrogen (secondary N) is 7. The van der Waals surface area contributed by atoms with Crippen LogP contribution in [0, 0.1) is 0 Å². The molecule has 2 aliphatic heterocycles. The van der Waals surface area contributed by atoms with Crippen molar-refractivity contribution >= 4 is 101 Å². The molecule has 2 heterocycles. The van der Waals surface area contributed by atoms with Gasteiger partial charge in [-0.25, -0.2) is 0 Å². The van der Waals surface area contributed by atoms with Gasteiger partial charge in [0.15, 0.2) is 11.9 Å². The Morgan fingerprint density at radius 3 is 1.54 bits per heavy atom. The monoisotopic (exact) mass is 1450 g/mol. The topological polar surface area (TPSA) is 396 Å². The highest BCUT2D eigenvalue weighted by atomic mass is 32.2. The molecular weight excluding hydrogens is 1340 g/mol. The summed E-state index contributed by atoms with van der Waals surface area (Å²) in [5, 5.41) is 20.0. The fourth-order valence-corrected chi connectivity index (χ4v) is 14.7. The van der Waals surface area contributed by atoms with Crippen molar-refractivity contribution in [3.05, 3.63) is 143 Å². The maximum atomic E-state index is 15.9. The maximum absolute atomic E-state index is 15.9. The number of fused-ring (bicyclic) bond motifs is 3. The van der Waals surface area contributed by atoms with Gasteiger partial charge >= 0.3 is 0 Å². The van der Waals surface area contributed by atoms with Crippen molar-refractivity contribution in [3.8, 4) is 0 Å². The molecule has 24 nitrogen and oxygen atoms in total. The quantitative estimate of drug-likeness (QED) is 0.0130. The predicted octanol–water partition coefficient (Wildman–Crippen LogP) is 5.63. The molecular formula is C74H107N15O9S3. The summed E-state index contributed by atoms with van der Waals surface area (Å²) in [6, 6.07) is 25.0. The summed E-state index contributed by atoms with van der Waals surface area (Å²) in [4.78, 5) is 141. The average Bonchev–Trinajstić information content (AvgIpc) is 1.78. The molecule has 9 amide bonds. The first-order chi connectivity index (χ1) is 48.8. The second-order valence-electron chi connectivity index (χ2n) is 25.9. The molecule has 550 valence electrons. The van der Waals surface area contributed by atoms with Crippen LogP contribution in [0.3, 0.4) is 0 Å². The number of carbonyl (C=O) groups excluding carboxylic acids is 9. The van der Waals surface area contributed by atoms with E-state index >= 15 is 14.4 Å². The van der Waals surface area contributed by atoms with Gasteiger partial charge in [0.05, 0.1) is 0 Å². The Kier molecular flexibility index (Phi) is 36.8. The first-order valence-electron chi connectivity index (χ1n) is 35.7. The Balaban J connectivity index is 1.36. The van der Waals surface area contributed by atoms with Crippen molar-refractivity contribution in [1.29, 1.82) is 0 Å². The largest absolute Gasteiger partial charge is 0.370 e. The molecule has 8 atom stereocenters. The number of thiol groups is 1. The first-order valence-corrected chi connectivity index (χ1v) is 38.6. The summed E-state index contributed by atoms with van der Waals surface area (Å²) < 4.78 is 0. The minimum atomic E-state index is -1.42. The Morgan fingerprint density at radius 2 is 1.02 bits per heavy atom. The SMILES string of the molecule is CCCCCCCCCCCCCCCC(=O)N[C@H]1CSCc2cccc(c2)CSC[C@@H](C(N)=O)NC(=O)[C@H](Cc2ccccc2)NC(=O)[C@H](CCCN=C(N)N)NC(=O)[C@H](CS)NC(=O)[C@H](CCCN=C(N)N)NC(=O)[C@@H]2CCCN2C(=O)[C@H](C(c2ccccc2)c2ccccc2)NC1=O.